The second kappa shape index (κ2) is 3.89. The first-order valence-corrected chi connectivity index (χ1v) is 5.59. The van der Waals surface area contributed by atoms with E-state index in [1.807, 2.05) is 0 Å². The Hall–Kier alpha value is -0.570. The summed E-state index contributed by atoms with van der Waals surface area (Å²) < 4.78 is 5.68. The van der Waals surface area contributed by atoms with Crippen LogP contribution >= 0.6 is 0 Å². The number of hydrogen-bond acceptors (Lipinski definition) is 3. The van der Waals surface area contributed by atoms with E-state index < -0.39 is 0 Å². The van der Waals surface area contributed by atoms with E-state index in [4.69, 9.17) is 4.74 Å². The van der Waals surface area contributed by atoms with Gasteiger partial charge in [0.2, 0.25) is 0 Å². The molecule has 2 aliphatic heterocycles. The fourth-order valence-corrected chi connectivity index (χ4v) is 2.25. The summed E-state index contributed by atoms with van der Waals surface area (Å²) in [7, 11) is 0. The Balaban J connectivity index is 1.85. The summed E-state index contributed by atoms with van der Waals surface area (Å²) in [6.07, 6.45) is 4.56. The normalized spacial score (nSPS) is 31.3. The molecule has 1 atom stereocenters. The summed E-state index contributed by atoms with van der Waals surface area (Å²) in [5, 5.41) is 3.54. The van der Waals surface area contributed by atoms with Crippen LogP contribution in [0.3, 0.4) is 0 Å². The van der Waals surface area contributed by atoms with Crippen LogP contribution in [0.1, 0.15) is 39.5 Å². The summed E-state index contributed by atoms with van der Waals surface area (Å²) in [4.78, 5) is 4.44. The number of hydrogen-bond donors (Lipinski definition) is 1. The molecule has 0 aliphatic carbocycles. The first-order chi connectivity index (χ1) is 6.66. The van der Waals surface area contributed by atoms with Crippen molar-refractivity contribution in [2.24, 2.45) is 4.99 Å². The van der Waals surface area contributed by atoms with Crippen molar-refractivity contribution >= 4 is 5.84 Å². The standard InChI is InChI=1S/C11H20N2O/c1-11(2)8-9(5-7-14-11)13-10-4-3-6-12-10/h9H,3-8H2,1-2H3,(H,12,13). The molecule has 0 saturated carbocycles. The second-order valence-corrected chi connectivity index (χ2v) is 4.87. The van der Waals surface area contributed by atoms with Crippen LogP contribution in [0.4, 0.5) is 0 Å². The van der Waals surface area contributed by atoms with E-state index in [1.165, 1.54) is 12.3 Å². The largest absolute Gasteiger partial charge is 0.375 e. The predicted molar refractivity (Wildman–Crippen MR) is 57.7 cm³/mol. The van der Waals surface area contributed by atoms with Crippen molar-refractivity contribution in [1.82, 2.24) is 5.32 Å². The van der Waals surface area contributed by atoms with Gasteiger partial charge in [0.25, 0.3) is 0 Å². The molecule has 0 spiro atoms. The highest BCUT2D eigenvalue weighted by molar-refractivity contribution is 5.83. The lowest BCUT2D eigenvalue weighted by atomic mass is 9.94. The van der Waals surface area contributed by atoms with Crippen LogP contribution in [0.15, 0.2) is 4.99 Å². The fraction of sp³-hybridized carbons (Fsp3) is 0.909. The molecule has 14 heavy (non-hydrogen) atoms. The second-order valence-electron chi connectivity index (χ2n) is 4.87. The van der Waals surface area contributed by atoms with E-state index in [0.29, 0.717) is 6.04 Å². The molecule has 3 nitrogen and oxygen atoms in total. The molecule has 2 aliphatic rings. The quantitative estimate of drug-likeness (QED) is 0.693. The van der Waals surface area contributed by atoms with Gasteiger partial charge < -0.3 is 10.1 Å². The molecule has 0 bridgehead atoms. The van der Waals surface area contributed by atoms with Gasteiger partial charge in [-0.25, -0.2) is 0 Å². The Kier molecular flexibility index (Phi) is 2.77. The highest BCUT2D eigenvalue weighted by Crippen LogP contribution is 2.24. The van der Waals surface area contributed by atoms with E-state index in [9.17, 15) is 0 Å². The van der Waals surface area contributed by atoms with Crippen LogP contribution in [-0.4, -0.2) is 30.6 Å². The number of ether oxygens (including phenoxy) is 1. The van der Waals surface area contributed by atoms with Crippen molar-refractivity contribution in [3.63, 3.8) is 0 Å². The molecular weight excluding hydrogens is 176 g/mol. The first-order valence-electron chi connectivity index (χ1n) is 5.59. The Morgan fingerprint density at radius 3 is 3.00 bits per heavy atom. The van der Waals surface area contributed by atoms with Crippen molar-refractivity contribution in [1.29, 1.82) is 0 Å². The van der Waals surface area contributed by atoms with E-state index in [0.717, 1.165) is 32.4 Å². The molecule has 0 amide bonds. The van der Waals surface area contributed by atoms with Crippen molar-refractivity contribution < 1.29 is 4.74 Å². The lowest BCUT2D eigenvalue weighted by Gasteiger charge is -2.36. The maximum Gasteiger partial charge on any atom is 0.0965 e. The van der Waals surface area contributed by atoms with E-state index in [2.05, 4.69) is 24.2 Å². The molecular formula is C11H20N2O. The number of nitrogens with zero attached hydrogens (tertiary/aromatic N) is 1. The minimum absolute atomic E-state index is 0.0368. The smallest absolute Gasteiger partial charge is 0.0965 e. The van der Waals surface area contributed by atoms with Crippen molar-refractivity contribution in [3.8, 4) is 0 Å². The van der Waals surface area contributed by atoms with Gasteiger partial charge in [-0.05, 0) is 33.1 Å². The number of nitrogens with one attached hydrogen (secondary N) is 1. The molecule has 2 rings (SSSR count). The summed E-state index contributed by atoms with van der Waals surface area (Å²) in [5.74, 6) is 1.22. The van der Waals surface area contributed by atoms with Crippen molar-refractivity contribution in [3.05, 3.63) is 0 Å². The summed E-state index contributed by atoms with van der Waals surface area (Å²) in [5.41, 5.74) is 0.0368. The Bertz CT molecular complexity index is 235. The minimum Gasteiger partial charge on any atom is -0.375 e. The zero-order valence-corrected chi connectivity index (χ0v) is 9.18. The highest BCUT2D eigenvalue weighted by Gasteiger charge is 2.29. The predicted octanol–water partition coefficient (Wildman–Crippen LogP) is 1.73. The molecule has 1 N–H and O–H groups in total. The molecule has 80 valence electrons. The molecule has 0 radical (unpaired) electrons. The van der Waals surface area contributed by atoms with Gasteiger partial charge in [-0.2, -0.15) is 0 Å². The van der Waals surface area contributed by atoms with Gasteiger partial charge in [0, 0.05) is 25.6 Å². The third kappa shape index (κ3) is 2.47. The van der Waals surface area contributed by atoms with Crippen molar-refractivity contribution in [2.45, 2.75) is 51.2 Å². The van der Waals surface area contributed by atoms with Gasteiger partial charge in [-0.15, -0.1) is 0 Å². The SMILES string of the molecule is CC1(C)CC(NC2=NCCC2)CCO1. The highest BCUT2D eigenvalue weighted by atomic mass is 16.5. The molecule has 1 unspecified atom stereocenters. The van der Waals surface area contributed by atoms with Gasteiger partial charge in [-0.3, -0.25) is 4.99 Å². The average Bonchev–Trinajstić information content (AvgIpc) is 2.54. The third-order valence-electron chi connectivity index (χ3n) is 2.94. The van der Waals surface area contributed by atoms with Gasteiger partial charge >= 0.3 is 0 Å². The van der Waals surface area contributed by atoms with Crippen LogP contribution in [0.5, 0.6) is 0 Å². The van der Waals surface area contributed by atoms with Crippen LogP contribution in [0, 0.1) is 0 Å². The minimum atomic E-state index is 0.0368. The molecule has 0 aromatic heterocycles. The van der Waals surface area contributed by atoms with E-state index in [1.54, 1.807) is 0 Å². The topological polar surface area (TPSA) is 33.6 Å². The Morgan fingerprint density at radius 2 is 2.36 bits per heavy atom. The molecule has 1 saturated heterocycles. The Morgan fingerprint density at radius 1 is 1.50 bits per heavy atom. The monoisotopic (exact) mass is 196 g/mol. The van der Waals surface area contributed by atoms with Crippen LogP contribution in [0.2, 0.25) is 0 Å². The zero-order valence-electron chi connectivity index (χ0n) is 9.18. The molecule has 3 heteroatoms. The molecule has 0 aromatic carbocycles. The van der Waals surface area contributed by atoms with Crippen molar-refractivity contribution in [2.75, 3.05) is 13.2 Å². The molecule has 2 heterocycles. The van der Waals surface area contributed by atoms with Crippen LogP contribution < -0.4 is 5.32 Å². The van der Waals surface area contributed by atoms with E-state index in [-0.39, 0.29) is 5.60 Å². The number of aliphatic imine (C=N–C) groups is 1. The lowest BCUT2D eigenvalue weighted by molar-refractivity contribution is -0.0605. The van der Waals surface area contributed by atoms with Gasteiger partial charge in [-0.1, -0.05) is 0 Å². The maximum absolute atomic E-state index is 5.68. The number of amidine groups is 1. The summed E-state index contributed by atoms with van der Waals surface area (Å²) >= 11 is 0. The van der Waals surface area contributed by atoms with Gasteiger partial charge in [0.15, 0.2) is 0 Å². The Labute approximate surface area is 85.9 Å². The van der Waals surface area contributed by atoms with Gasteiger partial charge in [0.1, 0.15) is 0 Å². The van der Waals surface area contributed by atoms with Crippen LogP contribution in [-0.2, 0) is 4.74 Å². The van der Waals surface area contributed by atoms with Crippen LogP contribution in [0.25, 0.3) is 0 Å². The lowest BCUT2D eigenvalue weighted by Crippen LogP contribution is -2.45. The van der Waals surface area contributed by atoms with E-state index >= 15 is 0 Å². The number of rotatable bonds is 1. The fourth-order valence-electron chi connectivity index (χ4n) is 2.25. The average molecular weight is 196 g/mol. The first kappa shape index (κ1) is 9.97. The zero-order chi connectivity index (χ0) is 10.0. The third-order valence-corrected chi connectivity index (χ3v) is 2.94. The summed E-state index contributed by atoms with van der Waals surface area (Å²) in [6.45, 7) is 6.21. The maximum atomic E-state index is 5.68. The summed E-state index contributed by atoms with van der Waals surface area (Å²) in [6, 6.07) is 0.565. The molecule has 1 fully saturated rings. The van der Waals surface area contributed by atoms with Gasteiger partial charge in [0.05, 0.1) is 11.4 Å². The molecule has 0 aromatic rings.